The highest BCUT2D eigenvalue weighted by molar-refractivity contribution is 5.58. The summed E-state index contributed by atoms with van der Waals surface area (Å²) in [5, 5.41) is 0. The van der Waals surface area contributed by atoms with Gasteiger partial charge in [-0.2, -0.15) is 0 Å². The highest BCUT2D eigenvalue weighted by atomic mass is 16.5. The quantitative estimate of drug-likeness (QED) is 0.816. The fraction of sp³-hybridized carbons (Fsp3) is 0.429. The lowest BCUT2D eigenvalue weighted by Gasteiger charge is -2.47. The van der Waals surface area contributed by atoms with E-state index in [0.717, 1.165) is 5.76 Å². The maximum Gasteiger partial charge on any atom is 0.352 e. The number of aromatic nitrogens is 3. The molecule has 6 nitrogen and oxygen atoms in total. The van der Waals surface area contributed by atoms with Gasteiger partial charge in [-0.25, -0.2) is 23.5 Å². The molecule has 0 amide bonds. The van der Waals surface area contributed by atoms with Gasteiger partial charge in [0.05, 0.1) is 24.9 Å². The van der Waals surface area contributed by atoms with Crippen molar-refractivity contribution in [2.75, 3.05) is 7.11 Å². The third-order valence-corrected chi connectivity index (χ3v) is 8.67. The molecule has 6 heteroatoms. The first-order chi connectivity index (χ1) is 13.2. The van der Waals surface area contributed by atoms with Crippen LogP contribution in [0, 0.1) is 34.5 Å². The largest absolute Gasteiger partial charge is 0.497 e. The zero-order valence-electron chi connectivity index (χ0n) is 14.6. The molecule has 9 rings (SSSR count). The van der Waals surface area contributed by atoms with Crippen LogP contribution in [-0.4, -0.2) is 21.0 Å². The molecule has 0 N–H and O–H groups in total. The summed E-state index contributed by atoms with van der Waals surface area (Å²) in [6.45, 7) is 0. The predicted molar refractivity (Wildman–Crippen MR) is 95.4 cm³/mol. The van der Waals surface area contributed by atoms with Gasteiger partial charge in [-0.3, -0.25) is 0 Å². The van der Waals surface area contributed by atoms with Crippen LogP contribution in [0.4, 0.5) is 0 Å². The maximum atomic E-state index is 13.4. The highest BCUT2D eigenvalue weighted by Crippen LogP contribution is 3.03. The number of methoxy groups -OCH3 is 1. The fourth-order valence-electron chi connectivity index (χ4n) is 8.21. The molecule has 2 aliphatic heterocycles. The molecule has 2 spiro atoms. The van der Waals surface area contributed by atoms with E-state index in [1.165, 1.54) is 4.57 Å². The van der Waals surface area contributed by atoms with E-state index >= 15 is 0 Å². The van der Waals surface area contributed by atoms with Gasteiger partial charge in [0.1, 0.15) is 5.76 Å². The second-order valence-electron chi connectivity index (χ2n) is 8.97. The summed E-state index contributed by atoms with van der Waals surface area (Å²) in [6.07, 6.45) is 6.65. The third kappa shape index (κ3) is 0.984. The van der Waals surface area contributed by atoms with Gasteiger partial charge in [-0.05, 0) is 48.0 Å². The maximum absolute atomic E-state index is 13.4. The van der Waals surface area contributed by atoms with E-state index < -0.39 is 0 Å². The summed E-state index contributed by atoms with van der Waals surface area (Å²) in [5.74, 6) is 3.23. The third-order valence-electron chi connectivity index (χ3n) is 8.67. The Balaban J connectivity index is 1.46. The van der Waals surface area contributed by atoms with Crippen LogP contribution in [0.3, 0.4) is 0 Å². The Morgan fingerprint density at radius 3 is 2.26 bits per heavy atom. The van der Waals surface area contributed by atoms with E-state index in [-0.39, 0.29) is 34.3 Å². The fourth-order valence-corrected chi connectivity index (χ4v) is 8.21. The van der Waals surface area contributed by atoms with Crippen LogP contribution in [0.15, 0.2) is 63.9 Å². The van der Waals surface area contributed by atoms with Gasteiger partial charge in [-0.15, -0.1) is 0 Å². The molecule has 0 radical (unpaired) electrons. The Morgan fingerprint density at radius 1 is 0.926 bits per heavy atom. The Labute approximate surface area is 154 Å². The molecule has 8 unspecified atom stereocenters. The van der Waals surface area contributed by atoms with Gasteiger partial charge in [0.15, 0.2) is 0 Å². The normalized spacial score (nSPS) is 47.4. The van der Waals surface area contributed by atoms with Crippen molar-refractivity contribution in [1.29, 1.82) is 0 Å². The molecule has 2 aromatic rings. The topological polar surface area (TPSA) is 58.2 Å². The van der Waals surface area contributed by atoms with E-state index in [2.05, 4.69) is 18.2 Å². The minimum absolute atomic E-state index is 0.0168. The first-order valence-electron chi connectivity index (χ1n) is 9.66. The van der Waals surface area contributed by atoms with E-state index in [1.807, 2.05) is 39.7 Å². The molecule has 27 heavy (non-hydrogen) atoms. The monoisotopic (exact) mass is 359 g/mol. The Morgan fingerprint density at radius 2 is 1.59 bits per heavy atom. The van der Waals surface area contributed by atoms with Gasteiger partial charge in [0.25, 0.3) is 0 Å². The molecular formula is C21H17N3O3. The summed E-state index contributed by atoms with van der Waals surface area (Å²) in [6, 6.07) is 9.48. The molecule has 1 aromatic carbocycles. The van der Waals surface area contributed by atoms with Crippen molar-refractivity contribution in [2.45, 2.75) is 12.1 Å². The lowest BCUT2D eigenvalue weighted by Crippen LogP contribution is -2.52. The number of nitrogens with zero attached hydrogens (tertiary/aromatic N) is 3. The van der Waals surface area contributed by atoms with Crippen LogP contribution in [-0.2, 0) is 4.74 Å². The van der Waals surface area contributed by atoms with Crippen LogP contribution in [0.5, 0.6) is 0 Å². The summed E-state index contributed by atoms with van der Waals surface area (Å²) < 4.78 is 10.5. The van der Waals surface area contributed by atoms with Crippen molar-refractivity contribution in [3.05, 3.63) is 75.3 Å². The zero-order valence-corrected chi connectivity index (χ0v) is 14.6. The molecule has 2 bridgehead atoms. The lowest BCUT2D eigenvalue weighted by molar-refractivity contribution is 0.0417. The van der Waals surface area contributed by atoms with Gasteiger partial charge in [0, 0.05) is 10.8 Å². The van der Waals surface area contributed by atoms with Crippen LogP contribution in [0.1, 0.15) is 12.1 Å². The smallest absolute Gasteiger partial charge is 0.352 e. The molecule has 4 saturated carbocycles. The summed E-state index contributed by atoms with van der Waals surface area (Å²) in [4.78, 5) is 26.8. The molecule has 3 heterocycles. The van der Waals surface area contributed by atoms with Crippen LogP contribution < -0.4 is 11.4 Å². The summed E-state index contributed by atoms with van der Waals surface area (Å²) in [5.41, 5.74) is 0.264. The first-order valence-corrected chi connectivity index (χ1v) is 9.66. The van der Waals surface area contributed by atoms with Crippen molar-refractivity contribution in [2.24, 2.45) is 34.5 Å². The van der Waals surface area contributed by atoms with Crippen molar-refractivity contribution < 1.29 is 4.74 Å². The number of para-hydroxylation sites is 1. The summed E-state index contributed by atoms with van der Waals surface area (Å²) >= 11 is 0. The van der Waals surface area contributed by atoms with Crippen LogP contribution in [0.2, 0.25) is 0 Å². The lowest BCUT2D eigenvalue weighted by atomic mass is 9.69. The van der Waals surface area contributed by atoms with E-state index in [1.54, 1.807) is 7.11 Å². The molecule has 134 valence electrons. The van der Waals surface area contributed by atoms with Gasteiger partial charge < -0.3 is 4.74 Å². The first kappa shape index (κ1) is 13.4. The van der Waals surface area contributed by atoms with Crippen LogP contribution >= 0.6 is 0 Å². The minimum atomic E-state index is -0.192. The number of hydrogen-bond donors (Lipinski definition) is 0. The number of ether oxygens (including phenoxy) is 1. The van der Waals surface area contributed by atoms with Crippen molar-refractivity contribution in [3.8, 4) is 5.69 Å². The molecule has 8 atom stereocenters. The number of allylic oxidation sites excluding steroid dienone is 3. The van der Waals surface area contributed by atoms with E-state index in [0.29, 0.717) is 29.4 Å². The van der Waals surface area contributed by atoms with Crippen molar-refractivity contribution >= 4 is 0 Å². The van der Waals surface area contributed by atoms with Gasteiger partial charge in [-0.1, -0.05) is 24.3 Å². The number of benzene rings is 1. The summed E-state index contributed by atoms with van der Waals surface area (Å²) in [7, 11) is 1.70. The molecule has 5 aliphatic carbocycles. The average molecular weight is 359 g/mol. The van der Waals surface area contributed by atoms with E-state index in [4.69, 9.17) is 4.74 Å². The Bertz CT molecular complexity index is 1260. The SMILES string of the molecule is COC1=CC23C4C5C6C5C2C3(C=C1)C6n1c(=O)n(-c2ccccc2)c(=O)n14. The predicted octanol–water partition coefficient (Wildman–Crippen LogP) is 1.49. The zero-order chi connectivity index (χ0) is 17.9. The standard InChI is InChI=1S/C21H17N3O3/c1-27-11-7-8-20-15-12-13-14(12)17(21(15,20)9-11)24-19(26)22(10-5-3-2-4-6-10)18(25)23(24)16(13)20/h2-9,12-17H,1H3. The van der Waals surface area contributed by atoms with Gasteiger partial charge >= 0.3 is 11.4 Å². The Hall–Kier alpha value is -2.76. The van der Waals surface area contributed by atoms with Crippen molar-refractivity contribution in [3.63, 3.8) is 0 Å². The second kappa shape index (κ2) is 3.51. The second-order valence-corrected chi connectivity index (χ2v) is 8.97. The van der Waals surface area contributed by atoms with Crippen LogP contribution in [0.25, 0.3) is 5.69 Å². The highest BCUT2D eigenvalue weighted by Gasteiger charge is 3.02. The van der Waals surface area contributed by atoms with E-state index in [9.17, 15) is 9.59 Å². The molecule has 0 saturated heterocycles. The number of rotatable bonds is 2. The molecular weight excluding hydrogens is 342 g/mol. The Kier molecular flexibility index (Phi) is 1.74. The van der Waals surface area contributed by atoms with Crippen molar-refractivity contribution in [1.82, 2.24) is 13.9 Å². The molecule has 4 fully saturated rings. The number of hydrogen-bond acceptors (Lipinski definition) is 3. The average Bonchev–Trinajstić information content (AvgIpc) is 3.46. The van der Waals surface area contributed by atoms with Gasteiger partial charge in [0.2, 0.25) is 0 Å². The molecule has 1 aromatic heterocycles. The minimum Gasteiger partial charge on any atom is -0.497 e. The molecule has 7 aliphatic rings.